The summed E-state index contributed by atoms with van der Waals surface area (Å²) >= 11 is 0. The summed E-state index contributed by atoms with van der Waals surface area (Å²) in [4.78, 5) is 19.9. The smallest absolute Gasteiger partial charge is 0.328 e. The molecule has 0 saturated carbocycles. The molecule has 1 aromatic carbocycles. The number of ether oxygens (including phenoxy) is 1. The van der Waals surface area contributed by atoms with E-state index in [2.05, 4.69) is 25.4 Å². The number of hydrogen-bond donors (Lipinski definition) is 3. The predicted molar refractivity (Wildman–Crippen MR) is 72.4 cm³/mol. The fourth-order valence-electron chi connectivity index (χ4n) is 1.69. The monoisotopic (exact) mass is 261 g/mol. The lowest BCUT2D eigenvalue weighted by Crippen LogP contribution is -2.28. The number of methoxy groups -OCH3 is 1. The number of carbonyl (C=O) groups is 1. The van der Waals surface area contributed by atoms with E-state index >= 15 is 0 Å². The number of carbonyl (C=O) groups excluding carboxylic acids is 1. The first-order valence-corrected chi connectivity index (χ1v) is 5.73. The average molecular weight is 261 g/mol. The Bertz CT molecular complexity index is 602. The topological polar surface area (TPSA) is 102 Å². The molecule has 1 unspecified atom stereocenters. The number of nitrogens with one attached hydrogen (secondary N) is 2. The number of esters is 1. The lowest BCUT2D eigenvalue weighted by atomic mass is 10.2. The molecule has 0 aliphatic rings. The van der Waals surface area contributed by atoms with Crippen molar-refractivity contribution in [2.24, 2.45) is 5.84 Å². The number of nitrogens with two attached hydrogens (primary N) is 1. The molecule has 19 heavy (non-hydrogen) atoms. The molecule has 0 amide bonds. The maximum Gasteiger partial charge on any atom is 0.328 e. The van der Waals surface area contributed by atoms with Crippen molar-refractivity contribution in [3.8, 4) is 0 Å². The van der Waals surface area contributed by atoms with Crippen molar-refractivity contribution in [3.63, 3.8) is 0 Å². The zero-order valence-corrected chi connectivity index (χ0v) is 10.7. The Hall–Kier alpha value is -2.41. The predicted octanol–water partition coefficient (Wildman–Crippen LogP) is 0.889. The molecule has 1 atom stereocenters. The number of fused-ring (bicyclic) bond motifs is 1. The van der Waals surface area contributed by atoms with Gasteiger partial charge in [-0.05, 0) is 19.1 Å². The second kappa shape index (κ2) is 5.49. The Labute approximate surface area is 110 Å². The Morgan fingerprint density at radius 1 is 1.37 bits per heavy atom. The molecule has 0 radical (unpaired) electrons. The first-order chi connectivity index (χ1) is 9.15. The Balaban J connectivity index is 2.43. The van der Waals surface area contributed by atoms with Crippen LogP contribution in [0, 0.1) is 0 Å². The van der Waals surface area contributed by atoms with Gasteiger partial charge in [0.1, 0.15) is 11.9 Å². The highest BCUT2D eigenvalue weighted by Gasteiger charge is 2.15. The summed E-state index contributed by atoms with van der Waals surface area (Å²) in [7, 11) is 1.34. The molecule has 7 heteroatoms. The largest absolute Gasteiger partial charge is 0.467 e. The highest BCUT2D eigenvalue weighted by atomic mass is 16.5. The van der Waals surface area contributed by atoms with Gasteiger partial charge in [0.05, 0.1) is 12.6 Å². The van der Waals surface area contributed by atoms with E-state index in [1.54, 1.807) is 6.92 Å². The number of aromatic nitrogens is 2. The lowest BCUT2D eigenvalue weighted by molar-refractivity contribution is -0.141. The number of benzene rings is 1. The summed E-state index contributed by atoms with van der Waals surface area (Å²) in [6.45, 7) is 1.69. The minimum absolute atomic E-state index is 0.276. The van der Waals surface area contributed by atoms with Crippen LogP contribution in [0.25, 0.3) is 10.9 Å². The van der Waals surface area contributed by atoms with Gasteiger partial charge in [-0.15, -0.1) is 0 Å². The van der Waals surface area contributed by atoms with E-state index in [1.807, 2.05) is 24.3 Å². The molecule has 0 saturated heterocycles. The van der Waals surface area contributed by atoms with Crippen LogP contribution in [0.4, 0.5) is 11.8 Å². The maximum atomic E-state index is 11.4. The van der Waals surface area contributed by atoms with Crippen LogP contribution in [-0.4, -0.2) is 29.1 Å². The number of nitrogen functional groups attached to an aromatic ring is 1. The summed E-state index contributed by atoms with van der Waals surface area (Å²) in [6, 6.07) is 6.92. The molecule has 1 heterocycles. The molecular weight excluding hydrogens is 246 g/mol. The average Bonchev–Trinajstić information content (AvgIpc) is 2.46. The van der Waals surface area contributed by atoms with Crippen LogP contribution in [0.5, 0.6) is 0 Å². The minimum atomic E-state index is -0.520. The van der Waals surface area contributed by atoms with E-state index in [0.29, 0.717) is 5.82 Å². The zero-order valence-electron chi connectivity index (χ0n) is 10.7. The summed E-state index contributed by atoms with van der Waals surface area (Å²) < 4.78 is 4.67. The molecule has 0 fully saturated rings. The van der Waals surface area contributed by atoms with Gasteiger partial charge in [0.2, 0.25) is 5.95 Å². The quantitative estimate of drug-likeness (QED) is 0.426. The van der Waals surface area contributed by atoms with Crippen LogP contribution in [0.1, 0.15) is 6.92 Å². The first-order valence-electron chi connectivity index (χ1n) is 5.73. The van der Waals surface area contributed by atoms with E-state index in [1.165, 1.54) is 7.11 Å². The molecule has 100 valence electrons. The molecule has 7 nitrogen and oxygen atoms in total. The molecule has 0 aliphatic carbocycles. The second-order valence-electron chi connectivity index (χ2n) is 3.95. The Kier molecular flexibility index (Phi) is 3.76. The maximum absolute atomic E-state index is 11.4. The number of hydrazine groups is 1. The molecule has 0 aliphatic heterocycles. The highest BCUT2D eigenvalue weighted by Crippen LogP contribution is 2.22. The van der Waals surface area contributed by atoms with E-state index in [9.17, 15) is 4.79 Å². The third-order valence-electron chi connectivity index (χ3n) is 2.64. The van der Waals surface area contributed by atoms with E-state index < -0.39 is 6.04 Å². The van der Waals surface area contributed by atoms with Crippen LogP contribution in [0.2, 0.25) is 0 Å². The number of rotatable bonds is 4. The Morgan fingerprint density at radius 2 is 2.11 bits per heavy atom. The summed E-state index contributed by atoms with van der Waals surface area (Å²) in [5, 5.41) is 3.79. The fraction of sp³-hybridized carbons (Fsp3) is 0.250. The van der Waals surface area contributed by atoms with Gasteiger partial charge in [-0.1, -0.05) is 12.1 Å². The van der Waals surface area contributed by atoms with Crippen molar-refractivity contribution in [1.82, 2.24) is 9.97 Å². The van der Waals surface area contributed by atoms with Gasteiger partial charge < -0.3 is 10.1 Å². The molecule has 2 aromatic rings. The lowest BCUT2D eigenvalue weighted by Gasteiger charge is -2.14. The SMILES string of the molecule is COC(=O)C(C)Nc1nc(NN)nc2ccccc12. The third-order valence-corrected chi connectivity index (χ3v) is 2.64. The van der Waals surface area contributed by atoms with Crippen LogP contribution >= 0.6 is 0 Å². The molecular formula is C12H15N5O2. The van der Waals surface area contributed by atoms with Gasteiger partial charge in [-0.2, -0.15) is 4.98 Å². The summed E-state index contributed by atoms with van der Waals surface area (Å²) in [5.74, 6) is 5.76. The highest BCUT2D eigenvalue weighted by molar-refractivity contribution is 5.91. The van der Waals surface area contributed by atoms with Gasteiger partial charge in [-0.3, -0.25) is 5.43 Å². The van der Waals surface area contributed by atoms with Gasteiger partial charge >= 0.3 is 5.97 Å². The third kappa shape index (κ3) is 2.71. The standard InChI is InChI=1S/C12H15N5O2/c1-7(11(18)19-2)14-10-8-5-3-4-6-9(8)15-12(16-10)17-13/h3-7H,13H2,1-2H3,(H2,14,15,16,17). The van der Waals surface area contributed by atoms with Gasteiger partial charge in [0, 0.05) is 5.39 Å². The van der Waals surface area contributed by atoms with Crippen LogP contribution in [0.15, 0.2) is 24.3 Å². The van der Waals surface area contributed by atoms with Crippen molar-refractivity contribution in [2.75, 3.05) is 17.9 Å². The van der Waals surface area contributed by atoms with Crippen molar-refractivity contribution >= 4 is 28.6 Å². The minimum Gasteiger partial charge on any atom is -0.467 e. The number of nitrogens with zero attached hydrogens (tertiary/aromatic N) is 2. The fourth-order valence-corrected chi connectivity index (χ4v) is 1.69. The van der Waals surface area contributed by atoms with Crippen molar-refractivity contribution in [2.45, 2.75) is 13.0 Å². The van der Waals surface area contributed by atoms with Crippen LogP contribution in [-0.2, 0) is 9.53 Å². The zero-order chi connectivity index (χ0) is 13.8. The van der Waals surface area contributed by atoms with E-state index in [4.69, 9.17) is 5.84 Å². The number of hydrogen-bond acceptors (Lipinski definition) is 7. The van der Waals surface area contributed by atoms with E-state index in [-0.39, 0.29) is 11.9 Å². The van der Waals surface area contributed by atoms with Crippen molar-refractivity contribution in [1.29, 1.82) is 0 Å². The van der Waals surface area contributed by atoms with Gasteiger partial charge in [0.25, 0.3) is 0 Å². The van der Waals surface area contributed by atoms with Crippen LogP contribution < -0.4 is 16.6 Å². The van der Waals surface area contributed by atoms with Gasteiger partial charge in [0.15, 0.2) is 0 Å². The molecule has 0 spiro atoms. The number of anilines is 2. The normalized spacial score (nSPS) is 11.9. The number of para-hydroxylation sites is 1. The molecule has 1 aromatic heterocycles. The van der Waals surface area contributed by atoms with Crippen molar-refractivity contribution < 1.29 is 9.53 Å². The molecule has 4 N–H and O–H groups in total. The van der Waals surface area contributed by atoms with Crippen molar-refractivity contribution in [3.05, 3.63) is 24.3 Å². The van der Waals surface area contributed by atoms with Gasteiger partial charge in [-0.25, -0.2) is 15.6 Å². The molecule has 2 rings (SSSR count). The Morgan fingerprint density at radius 3 is 2.79 bits per heavy atom. The van der Waals surface area contributed by atoms with E-state index in [0.717, 1.165) is 10.9 Å². The molecule has 0 bridgehead atoms. The summed E-state index contributed by atoms with van der Waals surface area (Å²) in [6.07, 6.45) is 0. The first kappa shape index (κ1) is 13.0. The van der Waals surface area contributed by atoms with Crippen LogP contribution in [0.3, 0.4) is 0 Å². The summed E-state index contributed by atoms with van der Waals surface area (Å²) in [5.41, 5.74) is 3.12. The second-order valence-corrected chi connectivity index (χ2v) is 3.95.